The number of carbonyl (C=O) groups is 1. The SMILES string of the molecule is O=C(N/N=C\c1cc(Br)ccc1O)c1ccc(Cl)c(Cl)c1. The summed E-state index contributed by atoms with van der Waals surface area (Å²) in [5.41, 5.74) is 3.15. The van der Waals surface area contributed by atoms with Crippen LogP contribution in [0.5, 0.6) is 5.75 Å². The molecular weight excluding hydrogens is 379 g/mol. The first kappa shape index (κ1) is 15.8. The Morgan fingerprint density at radius 1 is 1.19 bits per heavy atom. The second kappa shape index (κ2) is 6.93. The van der Waals surface area contributed by atoms with Crippen molar-refractivity contribution in [2.24, 2.45) is 5.10 Å². The zero-order valence-corrected chi connectivity index (χ0v) is 13.6. The minimum atomic E-state index is -0.431. The van der Waals surface area contributed by atoms with Crippen molar-refractivity contribution in [1.82, 2.24) is 5.43 Å². The molecule has 21 heavy (non-hydrogen) atoms. The molecule has 0 aromatic heterocycles. The van der Waals surface area contributed by atoms with Gasteiger partial charge in [-0.05, 0) is 36.4 Å². The van der Waals surface area contributed by atoms with Crippen LogP contribution in [0, 0.1) is 0 Å². The average Bonchev–Trinajstić information content (AvgIpc) is 2.45. The molecule has 0 unspecified atom stereocenters. The van der Waals surface area contributed by atoms with Gasteiger partial charge in [-0.2, -0.15) is 5.10 Å². The van der Waals surface area contributed by atoms with Crippen LogP contribution < -0.4 is 5.43 Å². The first-order valence-corrected chi connectivity index (χ1v) is 7.29. The van der Waals surface area contributed by atoms with Crippen LogP contribution in [0.15, 0.2) is 46.0 Å². The molecule has 108 valence electrons. The van der Waals surface area contributed by atoms with E-state index in [9.17, 15) is 9.90 Å². The lowest BCUT2D eigenvalue weighted by Crippen LogP contribution is -2.17. The summed E-state index contributed by atoms with van der Waals surface area (Å²) in [6.45, 7) is 0. The van der Waals surface area contributed by atoms with E-state index in [1.165, 1.54) is 30.5 Å². The molecule has 2 aromatic rings. The molecule has 4 nitrogen and oxygen atoms in total. The Morgan fingerprint density at radius 2 is 1.95 bits per heavy atom. The van der Waals surface area contributed by atoms with Gasteiger partial charge in [0.2, 0.25) is 0 Å². The van der Waals surface area contributed by atoms with Crippen LogP contribution in [-0.2, 0) is 0 Å². The van der Waals surface area contributed by atoms with Crippen LogP contribution in [0.4, 0.5) is 0 Å². The highest BCUT2D eigenvalue weighted by Crippen LogP contribution is 2.22. The zero-order valence-electron chi connectivity index (χ0n) is 10.5. The fourth-order valence-corrected chi connectivity index (χ4v) is 2.17. The number of carbonyl (C=O) groups excluding carboxylic acids is 1. The van der Waals surface area contributed by atoms with Gasteiger partial charge in [0.05, 0.1) is 16.3 Å². The molecule has 0 atom stereocenters. The topological polar surface area (TPSA) is 61.7 Å². The van der Waals surface area contributed by atoms with Crippen molar-refractivity contribution in [3.63, 3.8) is 0 Å². The maximum atomic E-state index is 11.9. The highest BCUT2D eigenvalue weighted by Gasteiger charge is 2.07. The fraction of sp³-hybridized carbons (Fsp3) is 0. The number of aromatic hydroxyl groups is 1. The number of phenolic OH excluding ortho intramolecular Hbond substituents is 1. The van der Waals surface area contributed by atoms with Crippen LogP contribution in [-0.4, -0.2) is 17.2 Å². The molecule has 2 rings (SSSR count). The highest BCUT2D eigenvalue weighted by molar-refractivity contribution is 9.10. The van der Waals surface area contributed by atoms with Crippen LogP contribution in [0.1, 0.15) is 15.9 Å². The second-order valence-electron chi connectivity index (χ2n) is 4.03. The molecule has 0 heterocycles. The summed E-state index contributed by atoms with van der Waals surface area (Å²) in [6.07, 6.45) is 1.34. The number of nitrogens with one attached hydrogen (secondary N) is 1. The van der Waals surface area contributed by atoms with Gasteiger partial charge in [-0.15, -0.1) is 0 Å². The normalized spacial score (nSPS) is 10.8. The van der Waals surface area contributed by atoms with Gasteiger partial charge in [0.25, 0.3) is 5.91 Å². The summed E-state index contributed by atoms with van der Waals surface area (Å²) >= 11 is 14.9. The van der Waals surface area contributed by atoms with Gasteiger partial charge < -0.3 is 5.11 Å². The van der Waals surface area contributed by atoms with Gasteiger partial charge in [-0.3, -0.25) is 4.79 Å². The van der Waals surface area contributed by atoms with Gasteiger partial charge in [0.15, 0.2) is 0 Å². The first-order valence-electron chi connectivity index (χ1n) is 5.74. The van der Waals surface area contributed by atoms with Crippen LogP contribution in [0.3, 0.4) is 0 Å². The van der Waals surface area contributed by atoms with E-state index >= 15 is 0 Å². The summed E-state index contributed by atoms with van der Waals surface area (Å²) in [4.78, 5) is 11.9. The summed E-state index contributed by atoms with van der Waals surface area (Å²) in [5.74, 6) is -0.370. The predicted octanol–water partition coefficient (Wildman–Crippen LogP) is 4.23. The third-order valence-corrected chi connectivity index (χ3v) is 3.77. The molecule has 0 spiro atoms. The van der Waals surface area contributed by atoms with Crippen molar-refractivity contribution < 1.29 is 9.90 Å². The van der Waals surface area contributed by atoms with Crippen molar-refractivity contribution in [2.75, 3.05) is 0 Å². The number of halogens is 3. The molecule has 0 saturated heterocycles. The van der Waals surface area contributed by atoms with Gasteiger partial charge in [-0.1, -0.05) is 39.1 Å². The Labute approximate surface area is 139 Å². The molecule has 1 amide bonds. The van der Waals surface area contributed by atoms with Crippen molar-refractivity contribution in [1.29, 1.82) is 0 Å². The highest BCUT2D eigenvalue weighted by atomic mass is 79.9. The molecule has 0 aliphatic heterocycles. The number of rotatable bonds is 3. The zero-order chi connectivity index (χ0) is 15.4. The van der Waals surface area contributed by atoms with E-state index < -0.39 is 5.91 Å². The molecule has 0 fully saturated rings. The van der Waals surface area contributed by atoms with Crippen molar-refractivity contribution >= 4 is 51.3 Å². The van der Waals surface area contributed by atoms with E-state index in [1.807, 2.05) is 0 Å². The molecule has 2 N–H and O–H groups in total. The molecule has 2 aromatic carbocycles. The Bertz CT molecular complexity index is 720. The maximum Gasteiger partial charge on any atom is 0.271 e. The third-order valence-electron chi connectivity index (χ3n) is 2.54. The first-order chi connectivity index (χ1) is 9.97. The summed E-state index contributed by atoms with van der Waals surface area (Å²) < 4.78 is 0.789. The van der Waals surface area contributed by atoms with Crippen LogP contribution in [0.2, 0.25) is 10.0 Å². The molecule has 0 aliphatic rings. The lowest BCUT2D eigenvalue weighted by Gasteiger charge is -2.02. The van der Waals surface area contributed by atoms with Crippen LogP contribution >= 0.6 is 39.1 Å². The van der Waals surface area contributed by atoms with Crippen molar-refractivity contribution in [3.8, 4) is 5.75 Å². The maximum absolute atomic E-state index is 11.9. The third kappa shape index (κ3) is 4.20. The lowest BCUT2D eigenvalue weighted by molar-refractivity contribution is 0.0955. The monoisotopic (exact) mass is 386 g/mol. The number of amides is 1. The molecule has 0 saturated carbocycles. The van der Waals surface area contributed by atoms with Gasteiger partial charge in [-0.25, -0.2) is 5.43 Å². The standard InChI is InChI=1S/C14H9BrCl2N2O2/c15-10-2-4-13(20)9(5-10)7-18-19-14(21)8-1-3-11(16)12(17)6-8/h1-7,20H,(H,19,21)/b18-7-. The number of hydrazone groups is 1. The Kier molecular flexibility index (Phi) is 5.22. The molecule has 7 heteroatoms. The lowest BCUT2D eigenvalue weighted by atomic mass is 10.2. The summed E-state index contributed by atoms with van der Waals surface area (Å²) in [6, 6.07) is 9.40. The Balaban J connectivity index is 2.08. The predicted molar refractivity (Wildman–Crippen MR) is 87.3 cm³/mol. The summed E-state index contributed by atoms with van der Waals surface area (Å²) in [7, 11) is 0. The van der Waals surface area contributed by atoms with Crippen molar-refractivity contribution in [3.05, 3.63) is 62.0 Å². The second-order valence-corrected chi connectivity index (χ2v) is 5.76. The largest absolute Gasteiger partial charge is 0.507 e. The number of hydrogen-bond acceptors (Lipinski definition) is 3. The Morgan fingerprint density at radius 3 is 2.67 bits per heavy atom. The smallest absolute Gasteiger partial charge is 0.271 e. The molecule has 0 aliphatic carbocycles. The molecule has 0 radical (unpaired) electrons. The van der Waals surface area contributed by atoms with E-state index in [4.69, 9.17) is 23.2 Å². The van der Waals surface area contributed by atoms with E-state index in [2.05, 4.69) is 26.5 Å². The molecule has 0 bridgehead atoms. The van der Waals surface area contributed by atoms with Crippen LogP contribution in [0.25, 0.3) is 0 Å². The average molecular weight is 388 g/mol. The number of phenols is 1. The Hall–Kier alpha value is -1.56. The van der Waals surface area contributed by atoms with Gasteiger partial charge in [0, 0.05) is 15.6 Å². The summed E-state index contributed by atoms with van der Waals surface area (Å²) in [5, 5.41) is 14.1. The quantitative estimate of drug-likeness (QED) is 0.611. The van der Waals surface area contributed by atoms with Gasteiger partial charge in [0.1, 0.15) is 5.75 Å². The van der Waals surface area contributed by atoms with E-state index in [1.54, 1.807) is 12.1 Å². The number of benzene rings is 2. The van der Waals surface area contributed by atoms with E-state index in [-0.39, 0.29) is 10.8 Å². The minimum Gasteiger partial charge on any atom is -0.507 e. The van der Waals surface area contributed by atoms with E-state index in [0.29, 0.717) is 16.1 Å². The number of nitrogens with zero attached hydrogens (tertiary/aromatic N) is 1. The minimum absolute atomic E-state index is 0.0609. The fourth-order valence-electron chi connectivity index (χ4n) is 1.49. The molecular formula is C14H9BrCl2N2O2. The van der Waals surface area contributed by atoms with Gasteiger partial charge >= 0.3 is 0 Å². The van der Waals surface area contributed by atoms with Crippen molar-refractivity contribution in [2.45, 2.75) is 0 Å². The van der Waals surface area contributed by atoms with E-state index in [0.717, 1.165) is 4.47 Å². The number of hydrogen-bond donors (Lipinski definition) is 2.